The van der Waals surface area contributed by atoms with Crippen molar-refractivity contribution in [2.75, 3.05) is 24.6 Å². The van der Waals surface area contributed by atoms with Crippen LogP contribution in [0.25, 0.3) is 0 Å². The molecule has 0 unspecified atom stereocenters. The molecule has 1 heterocycles. The van der Waals surface area contributed by atoms with Crippen LogP contribution in [0.1, 0.15) is 31.9 Å². The highest BCUT2D eigenvalue weighted by atomic mass is 32.2. The van der Waals surface area contributed by atoms with E-state index in [4.69, 9.17) is 0 Å². The van der Waals surface area contributed by atoms with Gasteiger partial charge in [-0.3, -0.25) is 4.90 Å². The minimum absolute atomic E-state index is 0.154. The van der Waals surface area contributed by atoms with Gasteiger partial charge in [0.2, 0.25) is 0 Å². The summed E-state index contributed by atoms with van der Waals surface area (Å²) in [6.45, 7) is 8.78. The molecule has 0 aromatic heterocycles. The summed E-state index contributed by atoms with van der Waals surface area (Å²) in [5.74, 6) is 0.595. The fraction of sp³-hybridized carbons (Fsp3) is 0.600. The van der Waals surface area contributed by atoms with Crippen molar-refractivity contribution >= 4 is 9.84 Å². The van der Waals surface area contributed by atoms with Gasteiger partial charge in [0.05, 0.1) is 11.5 Å². The first kappa shape index (κ1) is 14.5. The van der Waals surface area contributed by atoms with E-state index in [-0.39, 0.29) is 5.41 Å². The Bertz CT molecular complexity index is 530. The maximum Gasteiger partial charge on any atom is 0.152 e. The zero-order chi connectivity index (χ0) is 14.1. The summed E-state index contributed by atoms with van der Waals surface area (Å²) in [6.07, 6.45) is 0. The molecular weight excluding hydrogens is 258 g/mol. The topological polar surface area (TPSA) is 37.4 Å². The van der Waals surface area contributed by atoms with Crippen molar-refractivity contribution in [3.05, 3.63) is 35.4 Å². The van der Waals surface area contributed by atoms with Gasteiger partial charge in [-0.1, -0.05) is 45.0 Å². The number of benzene rings is 1. The Labute approximate surface area is 116 Å². The summed E-state index contributed by atoms with van der Waals surface area (Å²) in [4.78, 5) is 2.23. The van der Waals surface area contributed by atoms with Crippen molar-refractivity contribution in [2.24, 2.45) is 0 Å². The minimum Gasteiger partial charge on any atom is -0.297 e. The monoisotopic (exact) mass is 281 g/mol. The number of hydrogen-bond acceptors (Lipinski definition) is 3. The summed E-state index contributed by atoms with van der Waals surface area (Å²) in [5, 5.41) is 0. The van der Waals surface area contributed by atoms with E-state index < -0.39 is 9.84 Å². The molecule has 1 saturated heterocycles. The molecule has 0 atom stereocenters. The molecule has 0 N–H and O–H groups in total. The second-order valence-corrected chi connectivity index (χ2v) is 8.68. The van der Waals surface area contributed by atoms with Crippen LogP contribution in [0.3, 0.4) is 0 Å². The van der Waals surface area contributed by atoms with Crippen LogP contribution in [0, 0.1) is 0 Å². The van der Waals surface area contributed by atoms with Crippen molar-refractivity contribution < 1.29 is 8.42 Å². The number of sulfone groups is 1. The van der Waals surface area contributed by atoms with Gasteiger partial charge in [0.25, 0.3) is 0 Å². The summed E-state index contributed by atoms with van der Waals surface area (Å²) >= 11 is 0. The molecule has 0 radical (unpaired) electrons. The lowest BCUT2D eigenvalue weighted by Gasteiger charge is -2.27. The molecule has 3 nitrogen and oxygen atoms in total. The molecule has 0 spiro atoms. The molecule has 1 fully saturated rings. The largest absolute Gasteiger partial charge is 0.297 e. The second kappa shape index (κ2) is 5.25. The van der Waals surface area contributed by atoms with Crippen molar-refractivity contribution in [3.8, 4) is 0 Å². The molecule has 0 aliphatic carbocycles. The van der Waals surface area contributed by atoms with E-state index in [1.165, 1.54) is 11.1 Å². The smallest absolute Gasteiger partial charge is 0.152 e. The van der Waals surface area contributed by atoms with Crippen molar-refractivity contribution in [1.29, 1.82) is 0 Å². The Morgan fingerprint density at radius 2 is 1.79 bits per heavy atom. The Kier molecular flexibility index (Phi) is 4.02. The fourth-order valence-electron chi connectivity index (χ4n) is 2.30. The van der Waals surface area contributed by atoms with Crippen molar-refractivity contribution in [1.82, 2.24) is 4.90 Å². The van der Waals surface area contributed by atoms with E-state index in [9.17, 15) is 8.42 Å². The van der Waals surface area contributed by atoms with Gasteiger partial charge in [-0.25, -0.2) is 8.42 Å². The third-order valence-electron chi connectivity index (χ3n) is 3.64. The molecule has 1 aliphatic heterocycles. The molecule has 4 heteroatoms. The standard InChI is InChI=1S/C15H23NO2S/c1-15(2,3)14-6-4-5-13(11-14)12-16-7-9-19(17,18)10-8-16/h4-6,11H,7-10,12H2,1-3H3. The highest BCUT2D eigenvalue weighted by Crippen LogP contribution is 2.23. The lowest BCUT2D eigenvalue weighted by Crippen LogP contribution is -2.39. The fourth-order valence-corrected chi connectivity index (χ4v) is 3.58. The predicted molar refractivity (Wildman–Crippen MR) is 79.1 cm³/mol. The van der Waals surface area contributed by atoms with Gasteiger partial charge in [0, 0.05) is 19.6 Å². The lowest BCUT2D eigenvalue weighted by atomic mass is 9.86. The van der Waals surface area contributed by atoms with Crippen LogP contribution >= 0.6 is 0 Å². The summed E-state index contributed by atoms with van der Waals surface area (Å²) in [5.41, 5.74) is 2.75. The Morgan fingerprint density at radius 1 is 1.16 bits per heavy atom. The minimum atomic E-state index is -2.78. The average molecular weight is 281 g/mol. The van der Waals surface area contributed by atoms with Gasteiger partial charge >= 0.3 is 0 Å². The SMILES string of the molecule is CC(C)(C)c1cccc(CN2CCS(=O)(=O)CC2)c1. The van der Waals surface area contributed by atoms with Crippen LogP contribution in [0.15, 0.2) is 24.3 Å². The lowest BCUT2D eigenvalue weighted by molar-refractivity contribution is 0.287. The van der Waals surface area contributed by atoms with Gasteiger partial charge in [0.15, 0.2) is 9.84 Å². The molecule has 106 valence electrons. The van der Waals surface area contributed by atoms with Crippen molar-refractivity contribution in [3.63, 3.8) is 0 Å². The highest BCUT2D eigenvalue weighted by Gasteiger charge is 2.21. The summed E-state index contributed by atoms with van der Waals surface area (Å²) in [6, 6.07) is 8.61. The van der Waals surface area contributed by atoms with Gasteiger partial charge in [-0.05, 0) is 16.5 Å². The van der Waals surface area contributed by atoms with Gasteiger partial charge < -0.3 is 0 Å². The Balaban J connectivity index is 2.04. The van der Waals surface area contributed by atoms with Crippen LogP contribution in [0.2, 0.25) is 0 Å². The number of nitrogens with zero attached hydrogens (tertiary/aromatic N) is 1. The molecule has 0 bridgehead atoms. The van der Waals surface area contributed by atoms with E-state index in [0.29, 0.717) is 24.6 Å². The van der Waals surface area contributed by atoms with Crippen LogP contribution < -0.4 is 0 Å². The van der Waals surface area contributed by atoms with Crippen LogP contribution in [0.4, 0.5) is 0 Å². The van der Waals surface area contributed by atoms with Crippen molar-refractivity contribution in [2.45, 2.75) is 32.7 Å². The second-order valence-electron chi connectivity index (χ2n) is 6.38. The van der Waals surface area contributed by atoms with E-state index in [0.717, 1.165) is 6.54 Å². The molecule has 1 aliphatic rings. The molecular formula is C15H23NO2S. The zero-order valence-corrected chi connectivity index (χ0v) is 12.8. The zero-order valence-electron chi connectivity index (χ0n) is 12.0. The predicted octanol–water partition coefficient (Wildman–Crippen LogP) is 2.21. The van der Waals surface area contributed by atoms with Crippen LogP contribution in [0.5, 0.6) is 0 Å². The quantitative estimate of drug-likeness (QED) is 0.834. The first-order valence-electron chi connectivity index (χ1n) is 6.78. The van der Waals surface area contributed by atoms with E-state index in [1.54, 1.807) is 0 Å². The van der Waals surface area contributed by atoms with Crippen LogP contribution in [-0.4, -0.2) is 37.9 Å². The normalized spacial score (nSPS) is 20.4. The average Bonchev–Trinajstić information content (AvgIpc) is 2.31. The van der Waals surface area contributed by atoms with E-state index >= 15 is 0 Å². The molecule has 1 aromatic rings. The van der Waals surface area contributed by atoms with Gasteiger partial charge in [-0.2, -0.15) is 0 Å². The maximum absolute atomic E-state index is 11.4. The van der Waals surface area contributed by atoms with Gasteiger partial charge in [-0.15, -0.1) is 0 Å². The molecule has 1 aromatic carbocycles. The third kappa shape index (κ3) is 4.05. The molecule has 19 heavy (non-hydrogen) atoms. The maximum atomic E-state index is 11.4. The molecule has 2 rings (SSSR count). The van der Waals surface area contributed by atoms with E-state index in [2.05, 4.69) is 49.9 Å². The van der Waals surface area contributed by atoms with Crippen LogP contribution in [-0.2, 0) is 21.8 Å². The Morgan fingerprint density at radius 3 is 2.37 bits per heavy atom. The first-order valence-corrected chi connectivity index (χ1v) is 8.61. The third-order valence-corrected chi connectivity index (χ3v) is 5.25. The van der Waals surface area contributed by atoms with E-state index in [1.807, 2.05) is 0 Å². The number of rotatable bonds is 2. The first-order chi connectivity index (χ1) is 8.76. The summed E-state index contributed by atoms with van der Waals surface area (Å²) in [7, 11) is -2.78. The summed E-state index contributed by atoms with van der Waals surface area (Å²) < 4.78 is 22.8. The molecule has 0 saturated carbocycles. The number of hydrogen-bond donors (Lipinski definition) is 0. The van der Waals surface area contributed by atoms with Gasteiger partial charge in [0.1, 0.15) is 0 Å². The highest BCUT2D eigenvalue weighted by molar-refractivity contribution is 7.91. The molecule has 0 amide bonds. The Hall–Kier alpha value is -0.870.